The molecule has 0 saturated heterocycles. The lowest BCUT2D eigenvalue weighted by Crippen LogP contribution is -2.22. The van der Waals surface area contributed by atoms with Crippen molar-refractivity contribution in [3.63, 3.8) is 0 Å². The molecular formula is C25H29N3O. The van der Waals surface area contributed by atoms with Crippen LogP contribution in [0.5, 0.6) is 0 Å². The smallest absolute Gasteiger partial charge is 0.101 e. The first-order valence-corrected chi connectivity index (χ1v) is 10.8. The fourth-order valence-corrected chi connectivity index (χ4v) is 4.37. The lowest BCUT2D eigenvalue weighted by molar-refractivity contribution is 0.148. The maximum absolute atomic E-state index is 10.4. The van der Waals surface area contributed by atoms with Crippen molar-refractivity contribution in [3.05, 3.63) is 77.1 Å². The maximum Gasteiger partial charge on any atom is 0.101 e. The van der Waals surface area contributed by atoms with E-state index < -0.39 is 0 Å². The molecule has 1 atom stereocenters. The van der Waals surface area contributed by atoms with E-state index in [-0.39, 0.29) is 6.10 Å². The second kappa shape index (κ2) is 7.77. The molecule has 0 unspecified atom stereocenters. The van der Waals surface area contributed by atoms with Crippen LogP contribution in [0.2, 0.25) is 0 Å². The summed E-state index contributed by atoms with van der Waals surface area (Å²) in [4.78, 5) is 2.50. The molecule has 1 saturated carbocycles. The summed E-state index contributed by atoms with van der Waals surface area (Å²) in [7, 11) is 0. The Morgan fingerprint density at radius 3 is 2.62 bits per heavy atom. The fourth-order valence-electron chi connectivity index (χ4n) is 4.37. The fraction of sp³-hybridized carbons (Fsp3) is 0.400. The number of aromatic nitrogens is 2. The van der Waals surface area contributed by atoms with Crippen molar-refractivity contribution in [2.45, 2.75) is 51.9 Å². The van der Waals surface area contributed by atoms with Crippen LogP contribution in [-0.4, -0.2) is 26.3 Å². The van der Waals surface area contributed by atoms with E-state index >= 15 is 0 Å². The summed E-state index contributed by atoms with van der Waals surface area (Å²) in [6, 6.07) is 19.8. The zero-order valence-electron chi connectivity index (χ0n) is 17.1. The molecule has 0 radical (unpaired) electrons. The van der Waals surface area contributed by atoms with E-state index in [1.807, 2.05) is 0 Å². The molecule has 150 valence electrons. The third-order valence-corrected chi connectivity index (χ3v) is 6.20. The van der Waals surface area contributed by atoms with Crippen LogP contribution in [0, 0.1) is 12.8 Å². The molecule has 1 aromatic heterocycles. The summed E-state index contributed by atoms with van der Waals surface area (Å²) in [5, 5.41) is 15.1. The molecule has 0 amide bonds. The molecular weight excluding hydrogens is 358 g/mol. The highest BCUT2D eigenvalue weighted by atomic mass is 16.3. The molecule has 3 aromatic rings. The number of aryl methyl sites for hydroxylation is 2. The van der Waals surface area contributed by atoms with E-state index in [1.54, 1.807) is 0 Å². The minimum atomic E-state index is -0.378. The number of aliphatic hydroxyl groups is 1. The van der Waals surface area contributed by atoms with Crippen molar-refractivity contribution in [2.75, 3.05) is 6.54 Å². The summed E-state index contributed by atoms with van der Waals surface area (Å²) in [5.41, 5.74) is 7.27. The zero-order chi connectivity index (χ0) is 19.8. The van der Waals surface area contributed by atoms with Crippen molar-refractivity contribution in [3.8, 4) is 11.1 Å². The lowest BCUT2D eigenvalue weighted by Gasteiger charge is -2.19. The molecule has 0 spiro atoms. The van der Waals surface area contributed by atoms with Crippen molar-refractivity contribution in [1.82, 2.24) is 14.7 Å². The summed E-state index contributed by atoms with van der Waals surface area (Å²) >= 11 is 0. The number of hydrogen-bond donors (Lipinski definition) is 1. The van der Waals surface area contributed by atoms with Gasteiger partial charge in [-0.2, -0.15) is 5.10 Å². The second-order valence-electron chi connectivity index (χ2n) is 8.70. The molecule has 4 nitrogen and oxygen atoms in total. The number of nitrogens with zero attached hydrogens (tertiary/aromatic N) is 3. The summed E-state index contributed by atoms with van der Waals surface area (Å²) in [5.74, 6) is 0.428. The van der Waals surface area contributed by atoms with Crippen LogP contribution >= 0.6 is 0 Å². The highest BCUT2D eigenvalue weighted by Crippen LogP contribution is 2.40. The van der Waals surface area contributed by atoms with Crippen molar-refractivity contribution < 1.29 is 5.11 Å². The van der Waals surface area contributed by atoms with E-state index in [0.717, 1.165) is 51.1 Å². The number of fused-ring (bicyclic) bond motifs is 1. The first-order valence-electron chi connectivity index (χ1n) is 10.8. The Bertz CT molecular complexity index is 988. The van der Waals surface area contributed by atoms with Crippen LogP contribution in [0.25, 0.3) is 11.1 Å². The average molecular weight is 388 g/mol. The molecule has 2 aromatic carbocycles. The third kappa shape index (κ3) is 4.14. The van der Waals surface area contributed by atoms with Gasteiger partial charge in [0.05, 0.1) is 11.4 Å². The Morgan fingerprint density at radius 1 is 1.03 bits per heavy atom. The predicted octanol–water partition coefficient (Wildman–Crippen LogP) is 4.71. The molecule has 2 heterocycles. The van der Waals surface area contributed by atoms with Gasteiger partial charge in [-0.25, -0.2) is 0 Å². The normalized spacial score (nSPS) is 18.3. The lowest BCUT2D eigenvalue weighted by atomic mass is 10.0. The van der Waals surface area contributed by atoms with Crippen molar-refractivity contribution in [1.29, 1.82) is 0 Å². The van der Waals surface area contributed by atoms with Gasteiger partial charge < -0.3 is 5.11 Å². The van der Waals surface area contributed by atoms with E-state index in [1.165, 1.54) is 27.9 Å². The van der Waals surface area contributed by atoms with Crippen LogP contribution in [-0.2, 0) is 19.6 Å². The van der Waals surface area contributed by atoms with Crippen molar-refractivity contribution >= 4 is 0 Å². The van der Waals surface area contributed by atoms with Gasteiger partial charge in [-0.15, -0.1) is 0 Å². The SMILES string of the molecule is Cc1cccc(-c2ccc(CN3CCCn4nc([C@@H](O)C5CC5)cc4C3)cc2)c1. The number of hydrogen-bond acceptors (Lipinski definition) is 3. The summed E-state index contributed by atoms with van der Waals surface area (Å²) < 4.78 is 2.11. The molecule has 1 N–H and O–H groups in total. The molecule has 0 bridgehead atoms. The van der Waals surface area contributed by atoms with Crippen LogP contribution in [0.1, 0.15) is 47.9 Å². The molecule has 1 aliphatic heterocycles. The highest BCUT2D eigenvalue weighted by Gasteiger charge is 2.33. The van der Waals surface area contributed by atoms with Crippen LogP contribution in [0.3, 0.4) is 0 Å². The van der Waals surface area contributed by atoms with Gasteiger partial charge in [-0.3, -0.25) is 9.58 Å². The number of benzene rings is 2. The highest BCUT2D eigenvalue weighted by molar-refractivity contribution is 5.64. The average Bonchev–Trinajstić information content (AvgIpc) is 3.53. The van der Waals surface area contributed by atoms with E-state index in [2.05, 4.69) is 71.1 Å². The quantitative estimate of drug-likeness (QED) is 0.689. The van der Waals surface area contributed by atoms with Crippen LogP contribution in [0.4, 0.5) is 0 Å². The first-order chi connectivity index (χ1) is 14.2. The largest absolute Gasteiger partial charge is 0.386 e. The van der Waals surface area contributed by atoms with Gasteiger partial charge in [0, 0.05) is 26.2 Å². The van der Waals surface area contributed by atoms with Gasteiger partial charge >= 0.3 is 0 Å². The third-order valence-electron chi connectivity index (χ3n) is 6.20. The summed E-state index contributed by atoms with van der Waals surface area (Å²) in [6.45, 7) is 5.99. The van der Waals surface area contributed by atoms with Gasteiger partial charge in [0.25, 0.3) is 0 Å². The predicted molar refractivity (Wildman–Crippen MR) is 115 cm³/mol. The van der Waals surface area contributed by atoms with Gasteiger partial charge in [0.2, 0.25) is 0 Å². The molecule has 2 aliphatic rings. The van der Waals surface area contributed by atoms with Crippen LogP contribution in [0.15, 0.2) is 54.6 Å². The standard InChI is InChI=1S/C25H29N3O/c1-18-4-2-5-22(14-18)20-8-6-19(7-9-20)16-27-12-3-13-28-23(17-27)15-24(26-28)25(29)21-10-11-21/h2,4-9,14-15,21,25,29H,3,10-13,16-17H2,1H3/t25-/m0/s1. The first kappa shape index (κ1) is 18.6. The van der Waals surface area contributed by atoms with Gasteiger partial charge in [-0.1, -0.05) is 54.1 Å². The second-order valence-corrected chi connectivity index (χ2v) is 8.70. The molecule has 29 heavy (non-hydrogen) atoms. The zero-order valence-corrected chi connectivity index (χ0v) is 17.1. The van der Waals surface area contributed by atoms with E-state index in [0.29, 0.717) is 5.92 Å². The van der Waals surface area contributed by atoms with E-state index in [9.17, 15) is 5.11 Å². The maximum atomic E-state index is 10.4. The summed E-state index contributed by atoms with van der Waals surface area (Å²) in [6.07, 6.45) is 2.98. The Morgan fingerprint density at radius 2 is 1.86 bits per heavy atom. The Kier molecular flexibility index (Phi) is 4.98. The minimum absolute atomic E-state index is 0.378. The number of rotatable bonds is 5. The molecule has 5 rings (SSSR count). The van der Waals surface area contributed by atoms with Gasteiger partial charge in [-0.05, 0) is 54.9 Å². The Hall–Kier alpha value is -2.43. The Balaban J connectivity index is 1.28. The minimum Gasteiger partial charge on any atom is -0.386 e. The van der Waals surface area contributed by atoms with Gasteiger partial charge in [0.15, 0.2) is 0 Å². The van der Waals surface area contributed by atoms with Crippen LogP contribution < -0.4 is 0 Å². The van der Waals surface area contributed by atoms with Gasteiger partial charge in [0.1, 0.15) is 6.10 Å². The molecule has 4 heteroatoms. The van der Waals surface area contributed by atoms with E-state index in [4.69, 9.17) is 5.10 Å². The molecule has 1 aliphatic carbocycles. The monoisotopic (exact) mass is 387 g/mol. The number of aliphatic hydroxyl groups excluding tert-OH is 1. The Labute approximate surface area is 172 Å². The van der Waals surface area contributed by atoms with Crippen molar-refractivity contribution in [2.24, 2.45) is 5.92 Å². The topological polar surface area (TPSA) is 41.3 Å². The molecule has 1 fully saturated rings.